The maximum atomic E-state index is 11.8. The number of aliphatic carboxylic acids is 1. The molecule has 0 unspecified atom stereocenters. The van der Waals surface area contributed by atoms with Crippen molar-refractivity contribution >= 4 is 18.0 Å². The van der Waals surface area contributed by atoms with Gasteiger partial charge in [0, 0.05) is 19.2 Å². The highest BCUT2D eigenvalue weighted by atomic mass is 16.4. The van der Waals surface area contributed by atoms with Crippen LogP contribution in [0, 0.1) is 0 Å². The molecule has 0 spiro atoms. The van der Waals surface area contributed by atoms with E-state index in [0.29, 0.717) is 12.3 Å². The molecule has 0 aromatic carbocycles. The highest BCUT2D eigenvalue weighted by molar-refractivity contribution is 5.91. The van der Waals surface area contributed by atoms with Crippen LogP contribution in [0.4, 0.5) is 0 Å². The number of amides is 1. The molecule has 0 saturated heterocycles. The third kappa shape index (κ3) is 4.86. The Kier molecular flexibility index (Phi) is 5.70. The second-order valence-corrected chi connectivity index (χ2v) is 3.82. The standard InChI is InChI=1S/C13H17NO4/c1-2-8-14(9-7-13(16)17)12(15)6-5-11-4-3-10-18-11/h3-6,10H,2,7-9H2,1H3,(H,16,17)/b6-5+. The lowest BCUT2D eigenvalue weighted by atomic mass is 10.3. The van der Waals surface area contributed by atoms with Crippen LogP contribution in [0.2, 0.25) is 0 Å². The van der Waals surface area contributed by atoms with E-state index in [1.54, 1.807) is 18.2 Å². The van der Waals surface area contributed by atoms with Crippen LogP contribution in [0.5, 0.6) is 0 Å². The van der Waals surface area contributed by atoms with E-state index in [4.69, 9.17) is 9.52 Å². The second-order valence-electron chi connectivity index (χ2n) is 3.82. The molecule has 1 rings (SSSR count). The van der Waals surface area contributed by atoms with Crippen LogP contribution in [0.15, 0.2) is 28.9 Å². The van der Waals surface area contributed by atoms with Gasteiger partial charge in [0.15, 0.2) is 0 Å². The van der Waals surface area contributed by atoms with Crippen molar-refractivity contribution in [3.8, 4) is 0 Å². The van der Waals surface area contributed by atoms with Gasteiger partial charge in [0.1, 0.15) is 5.76 Å². The minimum Gasteiger partial charge on any atom is -0.481 e. The van der Waals surface area contributed by atoms with E-state index >= 15 is 0 Å². The summed E-state index contributed by atoms with van der Waals surface area (Å²) in [5, 5.41) is 8.62. The summed E-state index contributed by atoms with van der Waals surface area (Å²) < 4.78 is 5.07. The fraction of sp³-hybridized carbons (Fsp3) is 0.385. The Bertz CT molecular complexity index is 409. The molecular formula is C13H17NO4. The highest BCUT2D eigenvalue weighted by Gasteiger charge is 2.11. The van der Waals surface area contributed by atoms with E-state index in [9.17, 15) is 9.59 Å². The molecule has 1 aromatic rings. The predicted octanol–water partition coefficient (Wildman–Crippen LogP) is 2.01. The molecule has 0 atom stereocenters. The van der Waals surface area contributed by atoms with Gasteiger partial charge in [-0.1, -0.05) is 6.92 Å². The molecule has 1 aromatic heterocycles. The van der Waals surface area contributed by atoms with Crippen molar-refractivity contribution in [1.29, 1.82) is 0 Å². The van der Waals surface area contributed by atoms with Gasteiger partial charge in [-0.15, -0.1) is 0 Å². The van der Waals surface area contributed by atoms with Crippen LogP contribution in [-0.2, 0) is 9.59 Å². The first-order valence-electron chi connectivity index (χ1n) is 5.85. The summed E-state index contributed by atoms with van der Waals surface area (Å²) in [5.41, 5.74) is 0. The van der Waals surface area contributed by atoms with Gasteiger partial charge in [-0.05, 0) is 24.6 Å². The first-order valence-corrected chi connectivity index (χ1v) is 5.85. The van der Waals surface area contributed by atoms with Gasteiger partial charge in [-0.3, -0.25) is 9.59 Å². The van der Waals surface area contributed by atoms with Crippen molar-refractivity contribution < 1.29 is 19.1 Å². The Hall–Kier alpha value is -2.04. The molecular weight excluding hydrogens is 234 g/mol. The molecule has 0 bridgehead atoms. The number of hydrogen-bond acceptors (Lipinski definition) is 3. The summed E-state index contributed by atoms with van der Waals surface area (Å²) in [6, 6.07) is 3.48. The van der Waals surface area contributed by atoms with Gasteiger partial charge in [0.25, 0.3) is 0 Å². The van der Waals surface area contributed by atoms with Gasteiger partial charge in [-0.25, -0.2) is 0 Å². The highest BCUT2D eigenvalue weighted by Crippen LogP contribution is 2.04. The molecule has 1 heterocycles. The number of carboxylic acids is 1. The number of carbonyl (C=O) groups is 2. The third-order valence-corrected chi connectivity index (χ3v) is 2.33. The lowest BCUT2D eigenvalue weighted by Gasteiger charge is -2.19. The van der Waals surface area contributed by atoms with Crippen LogP contribution in [0.3, 0.4) is 0 Å². The average Bonchev–Trinajstić information content (AvgIpc) is 2.84. The quantitative estimate of drug-likeness (QED) is 0.752. The van der Waals surface area contributed by atoms with Crippen molar-refractivity contribution in [1.82, 2.24) is 4.90 Å². The van der Waals surface area contributed by atoms with E-state index < -0.39 is 5.97 Å². The van der Waals surface area contributed by atoms with Gasteiger partial charge in [-0.2, -0.15) is 0 Å². The summed E-state index contributed by atoms with van der Waals surface area (Å²) >= 11 is 0. The molecule has 98 valence electrons. The van der Waals surface area contributed by atoms with E-state index in [1.807, 2.05) is 6.92 Å². The third-order valence-electron chi connectivity index (χ3n) is 2.33. The molecule has 5 heteroatoms. The van der Waals surface area contributed by atoms with Crippen molar-refractivity contribution in [2.45, 2.75) is 19.8 Å². The number of furan rings is 1. The summed E-state index contributed by atoms with van der Waals surface area (Å²) in [6.45, 7) is 2.72. The Morgan fingerprint density at radius 1 is 1.44 bits per heavy atom. The van der Waals surface area contributed by atoms with Crippen LogP contribution in [-0.4, -0.2) is 35.0 Å². The Morgan fingerprint density at radius 3 is 2.78 bits per heavy atom. The van der Waals surface area contributed by atoms with Crippen LogP contribution >= 0.6 is 0 Å². The first-order chi connectivity index (χ1) is 8.63. The van der Waals surface area contributed by atoms with Gasteiger partial charge < -0.3 is 14.4 Å². The Labute approximate surface area is 106 Å². The molecule has 0 aliphatic heterocycles. The van der Waals surface area contributed by atoms with Crippen LogP contribution < -0.4 is 0 Å². The molecule has 1 N–H and O–H groups in total. The summed E-state index contributed by atoms with van der Waals surface area (Å²) in [5.74, 6) is -0.508. The summed E-state index contributed by atoms with van der Waals surface area (Å²) in [4.78, 5) is 23.9. The maximum absolute atomic E-state index is 11.8. The Morgan fingerprint density at radius 2 is 2.22 bits per heavy atom. The van der Waals surface area contributed by atoms with E-state index in [1.165, 1.54) is 17.2 Å². The summed E-state index contributed by atoms with van der Waals surface area (Å²) in [6.07, 6.45) is 5.25. The zero-order chi connectivity index (χ0) is 13.4. The number of carbonyl (C=O) groups excluding carboxylic acids is 1. The zero-order valence-electron chi connectivity index (χ0n) is 10.3. The topological polar surface area (TPSA) is 70.8 Å². The fourth-order valence-corrected chi connectivity index (χ4v) is 1.48. The Balaban J connectivity index is 2.55. The van der Waals surface area contributed by atoms with Gasteiger partial charge >= 0.3 is 5.97 Å². The van der Waals surface area contributed by atoms with E-state index in [0.717, 1.165) is 6.42 Å². The van der Waals surface area contributed by atoms with Crippen molar-refractivity contribution in [2.24, 2.45) is 0 Å². The van der Waals surface area contributed by atoms with Crippen LogP contribution in [0.1, 0.15) is 25.5 Å². The first kappa shape index (κ1) is 14.0. The number of carboxylic acid groups (broad SMARTS) is 1. The lowest BCUT2D eigenvalue weighted by Crippen LogP contribution is -2.32. The molecule has 0 aliphatic rings. The zero-order valence-corrected chi connectivity index (χ0v) is 10.3. The van der Waals surface area contributed by atoms with E-state index in [2.05, 4.69) is 0 Å². The van der Waals surface area contributed by atoms with Gasteiger partial charge in [0.05, 0.1) is 12.7 Å². The van der Waals surface area contributed by atoms with Gasteiger partial charge in [0.2, 0.25) is 5.91 Å². The molecule has 5 nitrogen and oxygen atoms in total. The van der Waals surface area contributed by atoms with Crippen molar-refractivity contribution in [3.63, 3.8) is 0 Å². The largest absolute Gasteiger partial charge is 0.481 e. The smallest absolute Gasteiger partial charge is 0.305 e. The monoisotopic (exact) mass is 251 g/mol. The molecule has 0 saturated carbocycles. The predicted molar refractivity (Wildman–Crippen MR) is 66.9 cm³/mol. The summed E-state index contributed by atoms with van der Waals surface area (Å²) in [7, 11) is 0. The van der Waals surface area contributed by atoms with Crippen molar-refractivity contribution in [3.05, 3.63) is 30.2 Å². The van der Waals surface area contributed by atoms with E-state index in [-0.39, 0.29) is 18.9 Å². The molecule has 1 amide bonds. The maximum Gasteiger partial charge on any atom is 0.305 e. The van der Waals surface area contributed by atoms with Crippen LogP contribution in [0.25, 0.3) is 6.08 Å². The van der Waals surface area contributed by atoms with Crippen molar-refractivity contribution in [2.75, 3.05) is 13.1 Å². The normalized spacial score (nSPS) is 10.7. The number of nitrogens with zero attached hydrogens (tertiary/aromatic N) is 1. The second kappa shape index (κ2) is 7.32. The average molecular weight is 251 g/mol. The minimum atomic E-state index is -0.904. The number of rotatable bonds is 7. The SMILES string of the molecule is CCCN(CCC(=O)O)C(=O)/C=C/c1ccco1. The minimum absolute atomic E-state index is 0.0413. The molecule has 0 radical (unpaired) electrons. The molecule has 0 aliphatic carbocycles. The number of hydrogen-bond donors (Lipinski definition) is 1. The molecule has 18 heavy (non-hydrogen) atoms. The molecule has 0 fully saturated rings. The lowest BCUT2D eigenvalue weighted by molar-refractivity contribution is -0.138. The fourth-order valence-electron chi connectivity index (χ4n) is 1.48.